The van der Waals surface area contributed by atoms with Gasteiger partial charge in [0.05, 0.1) is 17.6 Å². The molecule has 2 fully saturated rings. The van der Waals surface area contributed by atoms with Crippen LogP contribution in [0.25, 0.3) is 11.0 Å². The van der Waals surface area contributed by atoms with Crippen LogP contribution in [0.2, 0.25) is 0 Å². The van der Waals surface area contributed by atoms with Crippen LogP contribution < -0.4 is 4.90 Å². The van der Waals surface area contributed by atoms with E-state index in [0.29, 0.717) is 12.6 Å². The van der Waals surface area contributed by atoms with Crippen LogP contribution in [0.5, 0.6) is 0 Å². The standard InChI is InChI=1S/C18H26N4O2/c23-12-11-22-17-4-2-1-3-16(17)19-18(22)21-9-7-20(8-10-21)15-5-13-24-14-6-15/h1-4,15,23H,5-14H2. The summed E-state index contributed by atoms with van der Waals surface area (Å²) in [5, 5.41) is 9.45. The smallest absolute Gasteiger partial charge is 0.206 e. The number of aliphatic hydroxyl groups is 1. The molecule has 6 nitrogen and oxygen atoms in total. The third-order valence-corrected chi connectivity index (χ3v) is 5.26. The highest BCUT2D eigenvalue weighted by Crippen LogP contribution is 2.24. The SMILES string of the molecule is OCCn1c(N2CCN(C3CCOCC3)CC2)nc2ccccc21. The lowest BCUT2D eigenvalue weighted by molar-refractivity contribution is 0.0320. The Morgan fingerprint density at radius 3 is 2.58 bits per heavy atom. The summed E-state index contributed by atoms with van der Waals surface area (Å²) in [7, 11) is 0. The number of para-hydroxylation sites is 2. The van der Waals surface area contributed by atoms with Gasteiger partial charge in [0.1, 0.15) is 0 Å². The monoisotopic (exact) mass is 330 g/mol. The quantitative estimate of drug-likeness (QED) is 0.917. The van der Waals surface area contributed by atoms with Crippen LogP contribution in [-0.4, -0.2) is 71.6 Å². The van der Waals surface area contributed by atoms with Gasteiger partial charge in [0, 0.05) is 52.0 Å². The molecule has 24 heavy (non-hydrogen) atoms. The Labute approximate surface area is 142 Å². The molecule has 0 bridgehead atoms. The molecule has 1 aromatic carbocycles. The van der Waals surface area contributed by atoms with Crippen molar-refractivity contribution in [3.63, 3.8) is 0 Å². The van der Waals surface area contributed by atoms with Gasteiger partial charge in [-0.1, -0.05) is 12.1 Å². The minimum absolute atomic E-state index is 0.134. The van der Waals surface area contributed by atoms with Crippen LogP contribution in [-0.2, 0) is 11.3 Å². The van der Waals surface area contributed by atoms with Gasteiger partial charge in [0.2, 0.25) is 5.95 Å². The summed E-state index contributed by atoms with van der Waals surface area (Å²) in [6, 6.07) is 8.86. The first-order chi connectivity index (χ1) is 11.9. The number of ether oxygens (including phenoxy) is 1. The van der Waals surface area contributed by atoms with Crippen LogP contribution in [0.15, 0.2) is 24.3 Å². The third-order valence-electron chi connectivity index (χ3n) is 5.26. The van der Waals surface area contributed by atoms with E-state index in [1.54, 1.807) is 0 Å². The van der Waals surface area contributed by atoms with Crippen molar-refractivity contribution in [3.8, 4) is 0 Å². The molecular weight excluding hydrogens is 304 g/mol. The van der Waals surface area contributed by atoms with E-state index in [2.05, 4.69) is 20.4 Å². The fourth-order valence-electron chi connectivity index (χ4n) is 3.96. The number of aliphatic hydroxyl groups excluding tert-OH is 1. The van der Waals surface area contributed by atoms with Crippen LogP contribution in [0, 0.1) is 0 Å². The number of benzene rings is 1. The largest absolute Gasteiger partial charge is 0.395 e. The number of aromatic nitrogens is 2. The topological polar surface area (TPSA) is 53.8 Å². The van der Waals surface area contributed by atoms with Gasteiger partial charge in [-0.05, 0) is 25.0 Å². The van der Waals surface area contributed by atoms with Crippen LogP contribution in [0.1, 0.15) is 12.8 Å². The summed E-state index contributed by atoms with van der Waals surface area (Å²) >= 11 is 0. The summed E-state index contributed by atoms with van der Waals surface area (Å²) < 4.78 is 7.64. The molecule has 0 amide bonds. The number of piperazine rings is 1. The van der Waals surface area contributed by atoms with E-state index in [1.165, 1.54) is 0 Å². The maximum atomic E-state index is 9.45. The van der Waals surface area contributed by atoms with Crippen molar-refractivity contribution in [2.24, 2.45) is 0 Å². The lowest BCUT2D eigenvalue weighted by atomic mass is 10.1. The lowest BCUT2D eigenvalue weighted by Crippen LogP contribution is -2.52. The van der Waals surface area contributed by atoms with Gasteiger partial charge in [0.15, 0.2) is 0 Å². The van der Waals surface area contributed by atoms with Crippen molar-refractivity contribution in [2.75, 3.05) is 50.9 Å². The number of rotatable bonds is 4. The highest BCUT2D eigenvalue weighted by Gasteiger charge is 2.27. The van der Waals surface area contributed by atoms with Gasteiger partial charge in [-0.3, -0.25) is 4.90 Å². The van der Waals surface area contributed by atoms with Crippen LogP contribution in [0.4, 0.5) is 5.95 Å². The first-order valence-electron chi connectivity index (χ1n) is 8.99. The molecule has 2 aliphatic rings. The molecule has 0 radical (unpaired) electrons. The molecule has 2 aromatic rings. The molecule has 4 rings (SSSR count). The molecule has 3 heterocycles. The molecule has 0 aliphatic carbocycles. The van der Waals surface area contributed by atoms with E-state index < -0.39 is 0 Å². The Kier molecular flexibility index (Phi) is 4.69. The van der Waals surface area contributed by atoms with E-state index >= 15 is 0 Å². The van der Waals surface area contributed by atoms with E-state index in [0.717, 1.165) is 69.2 Å². The molecule has 130 valence electrons. The average molecular weight is 330 g/mol. The Morgan fingerprint density at radius 1 is 1.08 bits per heavy atom. The maximum Gasteiger partial charge on any atom is 0.206 e. The van der Waals surface area contributed by atoms with Crippen molar-refractivity contribution in [3.05, 3.63) is 24.3 Å². The van der Waals surface area contributed by atoms with E-state index in [9.17, 15) is 5.11 Å². The van der Waals surface area contributed by atoms with Crippen molar-refractivity contribution in [2.45, 2.75) is 25.4 Å². The zero-order valence-corrected chi connectivity index (χ0v) is 14.1. The summed E-state index contributed by atoms with van der Waals surface area (Å²) in [4.78, 5) is 9.81. The lowest BCUT2D eigenvalue weighted by Gasteiger charge is -2.41. The zero-order chi connectivity index (χ0) is 16.4. The Hall–Kier alpha value is -1.63. The minimum atomic E-state index is 0.134. The summed E-state index contributed by atoms with van der Waals surface area (Å²) in [5.41, 5.74) is 2.11. The van der Waals surface area contributed by atoms with E-state index in [1.807, 2.05) is 18.2 Å². The summed E-state index contributed by atoms with van der Waals surface area (Å²) in [6.07, 6.45) is 2.31. The summed E-state index contributed by atoms with van der Waals surface area (Å²) in [5.74, 6) is 0.997. The Bertz CT molecular complexity index is 673. The second kappa shape index (κ2) is 7.09. The molecule has 2 aliphatic heterocycles. The molecule has 0 atom stereocenters. The number of nitrogens with zero attached hydrogens (tertiary/aromatic N) is 4. The Balaban J connectivity index is 1.50. The van der Waals surface area contributed by atoms with Gasteiger partial charge < -0.3 is 19.3 Å². The molecule has 0 spiro atoms. The first kappa shape index (κ1) is 15.9. The summed E-state index contributed by atoms with van der Waals surface area (Å²) in [6.45, 7) is 6.66. The molecule has 6 heteroatoms. The third kappa shape index (κ3) is 3.01. The number of hydrogen-bond acceptors (Lipinski definition) is 5. The number of fused-ring (bicyclic) bond motifs is 1. The molecule has 0 saturated carbocycles. The zero-order valence-electron chi connectivity index (χ0n) is 14.1. The molecular formula is C18H26N4O2. The Morgan fingerprint density at radius 2 is 1.83 bits per heavy atom. The van der Waals surface area contributed by atoms with Crippen molar-refractivity contribution >= 4 is 17.0 Å². The fraction of sp³-hybridized carbons (Fsp3) is 0.611. The van der Waals surface area contributed by atoms with Gasteiger partial charge in [-0.2, -0.15) is 0 Å². The highest BCUT2D eigenvalue weighted by molar-refractivity contribution is 5.78. The van der Waals surface area contributed by atoms with E-state index in [4.69, 9.17) is 9.72 Å². The second-order valence-corrected chi connectivity index (χ2v) is 6.64. The van der Waals surface area contributed by atoms with Crippen molar-refractivity contribution in [1.82, 2.24) is 14.5 Å². The fourth-order valence-corrected chi connectivity index (χ4v) is 3.96. The van der Waals surface area contributed by atoms with Gasteiger partial charge in [-0.25, -0.2) is 4.98 Å². The number of imidazole rings is 1. The average Bonchev–Trinajstić information content (AvgIpc) is 3.02. The van der Waals surface area contributed by atoms with Crippen LogP contribution >= 0.6 is 0 Å². The maximum absolute atomic E-state index is 9.45. The molecule has 1 aromatic heterocycles. The van der Waals surface area contributed by atoms with Crippen molar-refractivity contribution in [1.29, 1.82) is 0 Å². The predicted molar refractivity (Wildman–Crippen MR) is 94.4 cm³/mol. The van der Waals surface area contributed by atoms with Gasteiger partial charge in [-0.15, -0.1) is 0 Å². The molecule has 1 N–H and O–H groups in total. The second-order valence-electron chi connectivity index (χ2n) is 6.64. The first-order valence-corrected chi connectivity index (χ1v) is 8.99. The molecule has 2 saturated heterocycles. The van der Waals surface area contributed by atoms with Crippen molar-refractivity contribution < 1.29 is 9.84 Å². The van der Waals surface area contributed by atoms with Crippen LogP contribution in [0.3, 0.4) is 0 Å². The molecule has 0 unspecified atom stereocenters. The van der Waals surface area contributed by atoms with Gasteiger partial charge in [0.25, 0.3) is 0 Å². The minimum Gasteiger partial charge on any atom is -0.395 e. The number of anilines is 1. The predicted octanol–water partition coefficient (Wildman–Crippen LogP) is 1.33. The van der Waals surface area contributed by atoms with E-state index in [-0.39, 0.29) is 6.61 Å². The van der Waals surface area contributed by atoms with Gasteiger partial charge >= 0.3 is 0 Å². The number of hydrogen-bond donors (Lipinski definition) is 1. The highest BCUT2D eigenvalue weighted by atomic mass is 16.5. The normalized spacial score (nSPS) is 20.8.